The number of aliphatic hydroxyl groups excluding tert-OH is 2. The van der Waals surface area contributed by atoms with Crippen LogP contribution in [0.15, 0.2) is 40.9 Å². The molecule has 0 saturated carbocycles. The number of fused-ring (bicyclic) bond motifs is 3. The van der Waals surface area contributed by atoms with Crippen molar-refractivity contribution in [1.82, 2.24) is 9.80 Å². The van der Waals surface area contributed by atoms with E-state index in [-0.39, 0.29) is 53.8 Å². The molecule has 1 aromatic carbocycles. The number of phenolic OH excluding ortho intramolecular Hbond substituents is 1. The molecule has 1 heterocycles. The normalized spacial score (nSPS) is 31.5. The molecule has 1 fully saturated rings. The molecule has 1 aliphatic heterocycles. The van der Waals surface area contributed by atoms with Crippen LogP contribution in [0.2, 0.25) is 0 Å². The van der Waals surface area contributed by atoms with Gasteiger partial charge in [-0.3, -0.25) is 19.4 Å². The van der Waals surface area contributed by atoms with E-state index in [1.165, 1.54) is 0 Å². The molecule has 9 nitrogen and oxygen atoms in total. The van der Waals surface area contributed by atoms with Gasteiger partial charge in [-0.15, -0.1) is 0 Å². The molecule has 0 radical (unpaired) electrons. The van der Waals surface area contributed by atoms with Crippen molar-refractivity contribution in [2.24, 2.45) is 17.6 Å². The minimum atomic E-state index is -2.31. The number of Topliss-reactive ketones (excluding diaryl/α,β-unsaturated/α-hetero) is 1. The molecule has 204 valence electrons. The Morgan fingerprint density at radius 3 is 2.58 bits per heavy atom. The number of hydrogen-bond acceptors (Lipinski definition) is 8. The zero-order chi connectivity index (χ0) is 27.8. The van der Waals surface area contributed by atoms with Gasteiger partial charge in [0.15, 0.2) is 11.4 Å². The third kappa shape index (κ3) is 3.59. The van der Waals surface area contributed by atoms with Gasteiger partial charge in [-0.2, -0.15) is 0 Å². The number of carbonyl (C=O) groups excluding carboxylic acids is 2. The van der Waals surface area contributed by atoms with Gasteiger partial charge in [-0.25, -0.2) is 8.78 Å². The number of amides is 1. The first kappa shape index (κ1) is 26.3. The highest BCUT2D eigenvalue weighted by molar-refractivity contribution is 6.13. The van der Waals surface area contributed by atoms with Crippen molar-refractivity contribution in [1.29, 1.82) is 0 Å². The van der Waals surface area contributed by atoms with Crippen LogP contribution in [0, 0.1) is 17.7 Å². The summed E-state index contributed by atoms with van der Waals surface area (Å²) in [5.41, 5.74) is 1.99. The van der Waals surface area contributed by atoms with E-state index in [0.717, 1.165) is 6.07 Å². The van der Waals surface area contributed by atoms with Crippen molar-refractivity contribution >= 4 is 11.7 Å². The van der Waals surface area contributed by atoms with Crippen LogP contribution in [0.1, 0.15) is 34.3 Å². The van der Waals surface area contributed by atoms with Crippen LogP contribution in [-0.4, -0.2) is 86.9 Å². The summed E-state index contributed by atoms with van der Waals surface area (Å²) in [6, 6.07) is 0.172. The summed E-state index contributed by atoms with van der Waals surface area (Å²) >= 11 is 0. The minimum absolute atomic E-state index is 0.0124. The smallest absolute Gasteiger partial charge is 0.252 e. The van der Waals surface area contributed by atoms with E-state index in [1.807, 2.05) is 0 Å². The summed E-state index contributed by atoms with van der Waals surface area (Å²) in [5, 5.41) is 44.9. The molecular weight excluding hydrogens is 500 g/mol. The number of primary amides is 1. The van der Waals surface area contributed by atoms with Crippen LogP contribution < -0.4 is 5.73 Å². The molecule has 3 aliphatic carbocycles. The molecule has 4 aliphatic rings. The number of rotatable bonds is 4. The molecule has 5 atom stereocenters. The Balaban J connectivity index is 1.62. The number of allylic oxidation sites excluding steroid dienone is 1. The van der Waals surface area contributed by atoms with Crippen molar-refractivity contribution < 1.29 is 38.8 Å². The molecule has 0 unspecified atom stereocenters. The SMILES string of the molecule is C=C1C(C(N)=O)=C(O)[C@@H](N(C)C)[C@@H]2C[C@@H]3Cc4c(F)c(CN5CC[C@H](F)C5)cc(O)c4C(=O)C3=C(O)[C@]12O. The average Bonchev–Trinajstić information content (AvgIpc) is 3.23. The quantitative estimate of drug-likeness (QED) is 0.395. The molecule has 0 spiro atoms. The molecule has 38 heavy (non-hydrogen) atoms. The lowest BCUT2D eigenvalue weighted by Gasteiger charge is -2.52. The number of aromatic hydroxyl groups is 1. The monoisotopic (exact) mass is 531 g/mol. The fourth-order valence-electron chi connectivity index (χ4n) is 6.80. The van der Waals surface area contributed by atoms with Gasteiger partial charge >= 0.3 is 0 Å². The lowest BCUT2D eigenvalue weighted by atomic mass is 9.57. The number of halogens is 2. The first-order valence-corrected chi connectivity index (χ1v) is 12.5. The minimum Gasteiger partial charge on any atom is -0.510 e. The number of likely N-dealkylation sites (tertiary alicyclic amines) is 1. The molecule has 1 saturated heterocycles. The van der Waals surface area contributed by atoms with Crippen molar-refractivity contribution in [2.45, 2.75) is 43.6 Å². The van der Waals surface area contributed by atoms with Gasteiger partial charge in [0, 0.05) is 47.8 Å². The Hall–Kier alpha value is -3.28. The Bertz CT molecular complexity index is 1340. The largest absolute Gasteiger partial charge is 0.510 e. The third-order valence-corrected chi connectivity index (χ3v) is 8.53. The van der Waals surface area contributed by atoms with Crippen LogP contribution >= 0.6 is 0 Å². The maximum Gasteiger partial charge on any atom is 0.252 e. The van der Waals surface area contributed by atoms with Gasteiger partial charge in [0.2, 0.25) is 0 Å². The second-order valence-electron chi connectivity index (χ2n) is 11.0. The second-order valence-corrected chi connectivity index (χ2v) is 11.0. The predicted molar refractivity (Wildman–Crippen MR) is 133 cm³/mol. The maximum atomic E-state index is 15.8. The van der Waals surface area contributed by atoms with Crippen LogP contribution in [0.3, 0.4) is 0 Å². The zero-order valence-corrected chi connectivity index (χ0v) is 21.2. The Kier molecular flexibility index (Phi) is 6.16. The Morgan fingerprint density at radius 1 is 1.32 bits per heavy atom. The molecule has 1 aromatic rings. The topological polar surface area (TPSA) is 148 Å². The highest BCUT2D eigenvalue weighted by atomic mass is 19.1. The summed E-state index contributed by atoms with van der Waals surface area (Å²) in [4.78, 5) is 29.1. The third-order valence-electron chi connectivity index (χ3n) is 8.53. The van der Waals surface area contributed by atoms with E-state index in [1.54, 1.807) is 23.9 Å². The van der Waals surface area contributed by atoms with Crippen molar-refractivity contribution in [2.75, 3.05) is 27.2 Å². The van der Waals surface area contributed by atoms with E-state index in [9.17, 15) is 34.4 Å². The van der Waals surface area contributed by atoms with E-state index in [4.69, 9.17) is 5.73 Å². The average molecular weight is 532 g/mol. The van der Waals surface area contributed by atoms with Crippen LogP contribution in [0.5, 0.6) is 5.75 Å². The maximum absolute atomic E-state index is 15.8. The lowest BCUT2D eigenvalue weighted by Crippen LogP contribution is -2.60. The van der Waals surface area contributed by atoms with Gasteiger partial charge in [0.1, 0.15) is 29.3 Å². The number of hydrogen-bond donors (Lipinski definition) is 5. The van der Waals surface area contributed by atoms with Crippen LogP contribution in [0.25, 0.3) is 0 Å². The Morgan fingerprint density at radius 2 is 2.00 bits per heavy atom. The molecule has 6 N–H and O–H groups in total. The number of likely N-dealkylation sites (N-methyl/N-ethyl adjacent to an activating group) is 1. The second kappa shape index (κ2) is 8.89. The number of ketones is 1. The highest BCUT2D eigenvalue weighted by Gasteiger charge is 2.60. The number of alkyl halides is 1. The fourth-order valence-corrected chi connectivity index (χ4v) is 6.80. The van der Waals surface area contributed by atoms with E-state index in [0.29, 0.717) is 13.0 Å². The summed E-state index contributed by atoms with van der Waals surface area (Å²) in [5.74, 6) is -5.95. The van der Waals surface area contributed by atoms with Gasteiger partial charge in [-0.05, 0) is 45.3 Å². The van der Waals surface area contributed by atoms with Gasteiger partial charge in [-0.1, -0.05) is 6.58 Å². The van der Waals surface area contributed by atoms with Gasteiger partial charge < -0.3 is 26.2 Å². The van der Waals surface area contributed by atoms with Crippen molar-refractivity contribution in [3.63, 3.8) is 0 Å². The number of carbonyl (C=O) groups is 2. The van der Waals surface area contributed by atoms with Gasteiger partial charge in [0.05, 0.1) is 17.2 Å². The molecule has 5 rings (SSSR count). The first-order valence-electron chi connectivity index (χ1n) is 12.5. The summed E-state index contributed by atoms with van der Waals surface area (Å²) in [6.07, 6.45) is -0.697. The van der Waals surface area contributed by atoms with E-state index >= 15 is 4.39 Å². The summed E-state index contributed by atoms with van der Waals surface area (Å²) in [7, 11) is 3.21. The van der Waals surface area contributed by atoms with Crippen LogP contribution in [-0.2, 0) is 17.8 Å². The molecule has 11 heteroatoms. The molecule has 0 aromatic heterocycles. The highest BCUT2D eigenvalue weighted by Crippen LogP contribution is 2.55. The fraction of sp³-hybridized carbons (Fsp3) is 0.481. The first-order chi connectivity index (χ1) is 17.8. The number of nitrogens with two attached hydrogens (primary N) is 1. The standard InChI is InChI=1S/C27H31F2N3O6/c1-11-18(26(30)37)24(35)22(31(2)3)16-7-12-6-15-20(23(34)19(12)25(36)27(11,16)38)17(33)8-13(21(15)29)9-32-5-4-14(28)10-32/h8,12,14,16,22,33,35-36,38H,1,4-7,9-10H2,2-3H3,(H2,30,37)/t12-,14-,16-,22-,27-/m0/s1. The molecular formula is C27H31F2N3O6. The summed E-state index contributed by atoms with van der Waals surface area (Å²) < 4.78 is 29.4. The number of phenols is 1. The molecule has 1 amide bonds. The summed E-state index contributed by atoms with van der Waals surface area (Å²) in [6.45, 7) is 4.41. The van der Waals surface area contributed by atoms with E-state index < -0.39 is 70.0 Å². The Labute approximate surface area is 218 Å². The van der Waals surface area contributed by atoms with Crippen LogP contribution in [0.4, 0.5) is 8.78 Å². The van der Waals surface area contributed by atoms with Crippen molar-refractivity contribution in [3.8, 4) is 5.75 Å². The van der Waals surface area contributed by atoms with Gasteiger partial charge in [0.25, 0.3) is 5.91 Å². The number of nitrogens with zero attached hydrogens (tertiary/aromatic N) is 2. The molecule has 0 bridgehead atoms. The zero-order valence-electron chi connectivity index (χ0n) is 21.2. The van der Waals surface area contributed by atoms with Crippen molar-refractivity contribution in [3.05, 3.63) is 63.4 Å². The van der Waals surface area contributed by atoms with E-state index in [2.05, 4.69) is 6.58 Å². The predicted octanol–water partition coefficient (Wildman–Crippen LogP) is 1.79. The lowest BCUT2D eigenvalue weighted by molar-refractivity contribution is -0.115. The number of benzene rings is 1. The number of aliphatic hydroxyl groups is 3.